The molecular weight excluding hydrogens is 224 g/mol. The molecule has 0 atom stereocenters. The molecule has 0 saturated heterocycles. The summed E-state index contributed by atoms with van der Waals surface area (Å²) in [6.45, 7) is 5.48. The van der Waals surface area contributed by atoms with Crippen LogP contribution in [0, 0.1) is 13.8 Å². The fourth-order valence-corrected chi connectivity index (χ4v) is 1.99. The number of para-hydroxylation sites is 1. The zero-order valence-corrected chi connectivity index (χ0v) is 10.8. The Hall–Kier alpha value is -2.16. The number of rotatable bonds is 2. The van der Waals surface area contributed by atoms with E-state index in [2.05, 4.69) is 4.98 Å². The third-order valence-corrected chi connectivity index (χ3v) is 2.64. The molecule has 3 nitrogen and oxygen atoms in total. The summed E-state index contributed by atoms with van der Waals surface area (Å²) in [4.78, 5) is 17.9. The van der Waals surface area contributed by atoms with Crippen LogP contribution in [-0.2, 0) is 4.79 Å². The summed E-state index contributed by atoms with van der Waals surface area (Å²) >= 11 is 0. The normalized spacial score (nSPS) is 10.2. The minimum atomic E-state index is -0.0429. The van der Waals surface area contributed by atoms with Gasteiger partial charge in [-0.2, -0.15) is 0 Å². The van der Waals surface area contributed by atoms with Gasteiger partial charge in [-0.1, -0.05) is 18.2 Å². The maximum Gasteiger partial charge on any atom is 0.229 e. The van der Waals surface area contributed by atoms with Crippen molar-refractivity contribution < 1.29 is 4.79 Å². The van der Waals surface area contributed by atoms with Crippen molar-refractivity contribution in [3.05, 3.63) is 53.7 Å². The first-order chi connectivity index (χ1) is 8.58. The predicted octanol–water partition coefficient (Wildman–Crippen LogP) is 3.38. The molecule has 1 aromatic heterocycles. The molecule has 0 aliphatic heterocycles. The van der Waals surface area contributed by atoms with Crippen LogP contribution in [0.1, 0.15) is 18.2 Å². The Morgan fingerprint density at radius 3 is 2.33 bits per heavy atom. The summed E-state index contributed by atoms with van der Waals surface area (Å²) in [5, 5.41) is 0. The number of benzene rings is 1. The van der Waals surface area contributed by atoms with Gasteiger partial charge in [0.1, 0.15) is 5.82 Å². The van der Waals surface area contributed by atoms with Gasteiger partial charge in [-0.3, -0.25) is 9.69 Å². The molecule has 3 heteroatoms. The van der Waals surface area contributed by atoms with E-state index in [1.54, 1.807) is 11.8 Å². The largest absolute Gasteiger partial charge is 0.274 e. The number of pyridine rings is 1. The van der Waals surface area contributed by atoms with Crippen molar-refractivity contribution in [1.82, 2.24) is 4.98 Å². The first-order valence-electron chi connectivity index (χ1n) is 5.89. The van der Waals surface area contributed by atoms with E-state index in [0.717, 1.165) is 16.9 Å². The summed E-state index contributed by atoms with van der Waals surface area (Å²) in [7, 11) is 0. The smallest absolute Gasteiger partial charge is 0.229 e. The van der Waals surface area contributed by atoms with Gasteiger partial charge in [-0.25, -0.2) is 4.98 Å². The van der Waals surface area contributed by atoms with Crippen LogP contribution in [0.15, 0.2) is 42.5 Å². The van der Waals surface area contributed by atoms with Crippen LogP contribution in [-0.4, -0.2) is 10.9 Å². The van der Waals surface area contributed by atoms with Crippen molar-refractivity contribution in [2.24, 2.45) is 0 Å². The molecule has 2 aromatic rings. The molecular formula is C15H16N2O. The van der Waals surface area contributed by atoms with Crippen molar-refractivity contribution in [1.29, 1.82) is 0 Å². The molecule has 0 bridgehead atoms. The molecule has 2 rings (SSSR count). The van der Waals surface area contributed by atoms with E-state index >= 15 is 0 Å². The highest BCUT2D eigenvalue weighted by molar-refractivity contribution is 5.98. The second kappa shape index (κ2) is 5.00. The fraction of sp³-hybridized carbons (Fsp3) is 0.200. The van der Waals surface area contributed by atoms with Gasteiger partial charge in [-0.15, -0.1) is 0 Å². The first kappa shape index (κ1) is 12.3. The van der Waals surface area contributed by atoms with E-state index in [-0.39, 0.29) is 5.91 Å². The molecule has 18 heavy (non-hydrogen) atoms. The minimum absolute atomic E-state index is 0.0429. The molecule has 0 radical (unpaired) electrons. The van der Waals surface area contributed by atoms with Gasteiger partial charge in [-0.05, 0) is 43.7 Å². The zero-order valence-electron chi connectivity index (χ0n) is 10.8. The number of amides is 1. The summed E-state index contributed by atoms with van der Waals surface area (Å²) in [6.07, 6.45) is 0. The van der Waals surface area contributed by atoms with Gasteiger partial charge in [0.2, 0.25) is 5.91 Å². The lowest BCUT2D eigenvalue weighted by molar-refractivity contribution is -0.115. The van der Waals surface area contributed by atoms with Crippen molar-refractivity contribution in [3.63, 3.8) is 0 Å². The number of aryl methyl sites for hydroxylation is 2. The zero-order chi connectivity index (χ0) is 13.1. The van der Waals surface area contributed by atoms with Crippen molar-refractivity contribution in [3.8, 4) is 0 Å². The van der Waals surface area contributed by atoms with Crippen LogP contribution in [0.3, 0.4) is 0 Å². The Morgan fingerprint density at radius 1 is 1.11 bits per heavy atom. The molecule has 0 N–H and O–H groups in total. The highest BCUT2D eigenvalue weighted by atomic mass is 16.2. The van der Waals surface area contributed by atoms with Crippen molar-refractivity contribution in [2.75, 3.05) is 4.90 Å². The van der Waals surface area contributed by atoms with Gasteiger partial charge in [0.05, 0.1) is 5.69 Å². The molecule has 1 heterocycles. The molecule has 0 spiro atoms. The molecule has 0 unspecified atom stereocenters. The Labute approximate surface area is 107 Å². The van der Waals surface area contributed by atoms with Crippen LogP contribution in [0.4, 0.5) is 11.5 Å². The lowest BCUT2D eigenvalue weighted by Crippen LogP contribution is -2.24. The second-order valence-corrected chi connectivity index (χ2v) is 4.33. The number of carbonyl (C=O) groups is 1. The maximum atomic E-state index is 11.9. The van der Waals surface area contributed by atoms with Crippen LogP contribution >= 0.6 is 0 Å². The Balaban J connectivity index is 2.52. The molecule has 0 aliphatic carbocycles. The third-order valence-electron chi connectivity index (χ3n) is 2.64. The number of hydrogen-bond acceptors (Lipinski definition) is 2. The second-order valence-electron chi connectivity index (χ2n) is 4.33. The maximum absolute atomic E-state index is 11.9. The van der Waals surface area contributed by atoms with Crippen molar-refractivity contribution in [2.45, 2.75) is 20.8 Å². The fourth-order valence-electron chi connectivity index (χ4n) is 1.99. The van der Waals surface area contributed by atoms with Crippen LogP contribution in [0.25, 0.3) is 0 Å². The van der Waals surface area contributed by atoms with E-state index < -0.39 is 0 Å². The lowest BCUT2D eigenvalue weighted by Gasteiger charge is -2.21. The number of nitrogens with zero attached hydrogens (tertiary/aromatic N) is 2. The Kier molecular flexibility index (Phi) is 3.42. The molecule has 1 amide bonds. The van der Waals surface area contributed by atoms with E-state index in [1.807, 2.05) is 56.3 Å². The number of carbonyl (C=O) groups excluding carboxylic acids is 1. The minimum Gasteiger partial charge on any atom is -0.274 e. The SMILES string of the molecule is CC(=O)N(c1ccccc1)c1cc(C)cc(C)n1. The van der Waals surface area contributed by atoms with Crippen LogP contribution in [0.2, 0.25) is 0 Å². The molecule has 0 fully saturated rings. The topological polar surface area (TPSA) is 33.2 Å². The number of anilines is 2. The summed E-state index contributed by atoms with van der Waals surface area (Å²) in [5.41, 5.74) is 2.84. The van der Waals surface area contributed by atoms with Crippen LogP contribution < -0.4 is 4.90 Å². The van der Waals surface area contributed by atoms with Gasteiger partial charge < -0.3 is 0 Å². The highest BCUT2D eigenvalue weighted by Gasteiger charge is 2.15. The molecule has 0 saturated carbocycles. The van der Waals surface area contributed by atoms with Crippen LogP contribution in [0.5, 0.6) is 0 Å². The summed E-state index contributed by atoms with van der Waals surface area (Å²) in [6, 6.07) is 13.5. The van der Waals surface area contributed by atoms with Gasteiger partial charge in [0.15, 0.2) is 0 Å². The number of aromatic nitrogens is 1. The highest BCUT2D eigenvalue weighted by Crippen LogP contribution is 2.24. The van der Waals surface area contributed by atoms with Crippen molar-refractivity contribution >= 4 is 17.4 Å². The Bertz CT molecular complexity index is 544. The van der Waals surface area contributed by atoms with E-state index in [4.69, 9.17) is 0 Å². The van der Waals surface area contributed by atoms with E-state index in [9.17, 15) is 4.79 Å². The Morgan fingerprint density at radius 2 is 1.78 bits per heavy atom. The quantitative estimate of drug-likeness (QED) is 0.806. The number of hydrogen-bond donors (Lipinski definition) is 0. The lowest BCUT2D eigenvalue weighted by atomic mass is 10.2. The average molecular weight is 240 g/mol. The monoisotopic (exact) mass is 240 g/mol. The van der Waals surface area contributed by atoms with Gasteiger partial charge in [0.25, 0.3) is 0 Å². The third kappa shape index (κ3) is 2.56. The van der Waals surface area contributed by atoms with Gasteiger partial charge in [0, 0.05) is 12.6 Å². The summed E-state index contributed by atoms with van der Waals surface area (Å²) < 4.78 is 0. The first-order valence-corrected chi connectivity index (χ1v) is 5.89. The van der Waals surface area contributed by atoms with E-state index in [1.165, 1.54) is 0 Å². The van der Waals surface area contributed by atoms with Gasteiger partial charge >= 0.3 is 0 Å². The molecule has 0 aliphatic rings. The average Bonchev–Trinajstić information content (AvgIpc) is 2.28. The standard InChI is InChI=1S/C15H16N2O/c1-11-9-12(2)16-15(10-11)17(13(3)18)14-7-5-4-6-8-14/h4-10H,1-3H3. The summed E-state index contributed by atoms with van der Waals surface area (Å²) in [5.74, 6) is 0.630. The predicted molar refractivity (Wildman–Crippen MR) is 73.0 cm³/mol. The molecule has 1 aromatic carbocycles. The molecule has 92 valence electrons. The van der Waals surface area contributed by atoms with E-state index in [0.29, 0.717) is 5.82 Å².